The molecule has 1 saturated heterocycles. The molecule has 0 saturated carbocycles. The summed E-state index contributed by atoms with van der Waals surface area (Å²) in [5.74, 6) is -0.439. The minimum absolute atomic E-state index is 0.125. The monoisotopic (exact) mass is 360 g/mol. The van der Waals surface area contributed by atoms with E-state index in [9.17, 15) is 9.59 Å². The van der Waals surface area contributed by atoms with Crippen LogP contribution in [-0.4, -0.2) is 29.8 Å². The summed E-state index contributed by atoms with van der Waals surface area (Å²) in [6.45, 7) is 1.47. The molecular weight excluding hydrogens is 336 g/mol. The van der Waals surface area contributed by atoms with Gasteiger partial charge >= 0.3 is 0 Å². The lowest BCUT2D eigenvalue weighted by atomic mass is 10.1. The van der Waals surface area contributed by atoms with Crippen LogP contribution >= 0.6 is 0 Å². The first-order valence-corrected chi connectivity index (χ1v) is 9.32. The van der Waals surface area contributed by atoms with Gasteiger partial charge in [0, 0.05) is 19.2 Å². The van der Waals surface area contributed by atoms with Crippen molar-refractivity contribution in [3.63, 3.8) is 0 Å². The fourth-order valence-electron chi connectivity index (χ4n) is 3.05. The van der Waals surface area contributed by atoms with Crippen LogP contribution in [0.15, 0.2) is 72.4 Å². The zero-order chi connectivity index (χ0) is 18.9. The van der Waals surface area contributed by atoms with Crippen molar-refractivity contribution in [2.24, 2.45) is 0 Å². The van der Waals surface area contributed by atoms with Gasteiger partial charge in [-0.15, -0.1) is 0 Å². The molecule has 1 heterocycles. The van der Waals surface area contributed by atoms with Crippen LogP contribution in [0.25, 0.3) is 12.2 Å². The molecule has 27 heavy (non-hydrogen) atoms. The minimum atomic E-state index is -0.314. The second-order valence-electron chi connectivity index (χ2n) is 6.55. The van der Waals surface area contributed by atoms with E-state index in [1.807, 2.05) is 65.6 Å². The number of nitrogens with zero attached hydrogens (tertiary/aromatic N) is 1. The van der Waals surface area contributed by atoms with Gasteiger partial charge in [-0.05, 0) is 42.5 Å². The summed E-state index contributed by atoms with van der Waals surface area (Å²) in [7, 11) is 0. The lowest BCUT2D eigenvalue weighted by molar-refractivity contribution is -0.129. The summed E-state index contributed by atoms with van der Waals surface area (Å²) in [5, 5.41) is 2.78. The van der Waals surface area contributed by atoms with E-state index in [0.29, 0.717) is 5.70 Å². The van der Waals surface area contributed by atoms with Crippen molar-refractivity contribution in [1.82, 2.24) is 10.2 Å². The van der Waals surface area contributed by atoms with Gasteiger partial charge in [0.05, 0.1) is 0 Å². The normalized spacial score (nSPS) is 15.0. The first-order valence-electron chi connectivity index (χ1n) is 9.32. The topological polar surface area (TPSA) is 49.4 Å². The number of likely N-dealkylation sites (tertiary alicyclic amines) is 1. The molecule has 2 aromatic rings. The summed E-state index contributed by atoms with van der Waals surface area (Å²) in [5.41, 5.74) is 2.12. The molecule has 138 valence electrons. The fourth-order valence-corrected chi connectivity index (χ4v) is 3.05. The molecule has 0 radical (unpaired) electrons. The third-order valence-corrected chi connectivity index (χ3v) is 4.47. The standard InChI is InChI=1S/C23H24N2O2/c26-22(15-14-19-10-4-1-5-11-19)24-21(18-20-12-6-2-7-13-20)23(27)25-16-8-3-9-17-25/h1-2,4-7,10-15,18H,3,8-9,16-17H2,(H,24,26). The molecule has 1 aliphatic heterocycles. The third kappa shape index (κ3) is 5.68. The fraction of sp³-hybridized carbons (Fsp3) is 0.217. The van der Waals surface area contributed by atoms with Gasteiger partial charge in [0.15, 0.2) is 0 Å². The SMILES string of the molecule is O=C(C=Cc1ccccc1)NC(=Cc1ccccc1)C(=O)N1CCCCC1. The van der Waals surface area contributed by atoms with E-state index in [-0.39, 0.29) is 11.8 Å². The maximum absolute atomic E-state index is 12.9. The van der Waals surface area contributed by atoms with Crippen molar-refractivity contribution >= 4 is 24.0 Å². The van der Waals surface area contributed by atoms with Crippen LogP contribution < -0.4 is 5.32 Å². The Hall–Kier alpha value is -3.14. The Morgan fingerprint density at radius 1 is 0.815 bits per heavy atom. The van der Waals surface area contributed by atoms with E-state index < -0.39 is 0 Å². The number of amides is 2. The molecule has 0 bridgehead atoms. The molecule has 0 aromatic heterocycles. The molecular formula is C23H24N2O2. The van der Waals surface area contributed by atoms with Gasteiger partial charge < -0.3 is 10.2 Å². The third-order valence-electron chi connectivity index (χ3n) is 4.47. The van der Waals surface area contributed by atoms with Gasteiger partial charge in [0.1, 0.15) is 5.70 Å². The highest BCUT2D eigenvalue weighted by atomic mass is 16.2. The van der Waals surface area contributed by atoms with Crippen molar-refractivity contribution in [3.05, 3.63) is 83.6 Å². The maximum atomic E-state index is 12.9. The van der Waals surface area contributed by atoms with Gasteiger partial charge in [0.2, 0.25) is 5.91 Å². The molecule has 4 heteroatoms. The Balaban J connectivity index is 1.77. The minimum Gasteiger partial charge on any atom is -0.337 e. The highest BCUT2D eigenvalue weighted by molar-refractivity contribution is 6.04. The first-order chi connectivity index (χ1) is 13.2. The predicted molar refractivity (Wildman–Crippen MR) is 108 cm³/mol. The van der Waals surface area contributed by atoms with E-state index in [1.54, 1.807) is 12.2 Å². The summed E-state index contributed by atoms with van der Waals surface area (Å²) >= 11 is 0. The van der Waals surface area contributed by atoms with Crippen molar-refractivity contribution in [2.45, 2.75) is 19.3 Å². The number of benzene rings is 2. The maximum Gasteiger partial charge on any atom is 0.270 e. The number of carbonyl (C=O) groups is 2. The van der Waals surface area contributed by atoms with Crippen LogP contribution in [0.3, 0.4) is 0 Å². The Morgan fingerprint density at radius 2 is 1.41 bits per heavy atom. The average Bonchev–Trinajstić information content (AvgIpc) is 2.73. The van der Waals surface area contributed by atoms with Crippen LogP contribution in [0.4, 0.5) is 0 Å². The van der Waals surface area contributed by atoms with Crippen LogP contribution in [0.2, 0.25) is 0 Å². The Kier molecular flexibility index (Phi) is 6.58. The second kappa shape index (κ2) is 9.53. The van der Waals surface area contributed by atoms with Crippen LogP contribution in [0, 0.1) is 0 Å². The summed E-state index contributed by atoms with van der Waals surface area (Å²) in [6, 6.07) is 19.2. The quantitative estimate of drug-likeness (QED) is 0.823. The number of nitrogens with one attached hydrogen (secondary N) is 1. The molecule has 1 fully saturated rings. The zero-order valence-electron chi connectivity index (χ0n) is 15.3. The van der Waals surface area contributed by atoms with Gasteiger partial charge in [-0.1, -0.05) is 60.7 Å². The van der Waals surface area contributed by atoms with Crippen molar-refractivity contribution in [2.75, 3.05) is 13.1 Å². The molecule has 1 aliphatic rings. The van der Waals surface area contributed by atoms with Crippen molar-refractivity contribution in [1.29, 1.82) is 0 Å². The summed E-state index contributed by atoms with van der Waals surface area (Å²) < 4.78 is 0. The second-order valence-corrected chi connectivity index (χ2v) is 6.55. The molecule has 0 aliphatic carbocycles. The largest absolute Gasteiger partial charge is 0.337 e. The Bertz CT molecular complexity index is 820. The lowest BCUT2D eigenvalue weighted by Gasteiger charge is -2.27. The molecule has 4 nitrogen and oxygen atoms in total. The summed E-state index contributed by atoms with van der Waals surface area (Å²) in [6.07, 6.45) is 8.09. The van der Waals surface area contributed by atoms with Gasteiger partial charge in [-0.2, -0.15) is 0 Å². The molecule has 2 aromatic carbocycles. The number of hydrogen-bond acceptors (Lipinski definition) is 2. The summed E-state index contributed by atoms with van der Waals surface area (Å²) in [4.78, 5) is 27.1. The Morgan fingerprint density at radius 3 is 2.04 bits per heavy atom. The molecule has 3 rings (SSSR count). The number of piperidine rings is 1. The molecule has 2 amide bonds. The van der Waals surface area contributed by atoms with E-state index in [2.05, 4.69) is 5.32 Å². The number of hydrogen-bond donors (Lipinski definition) is 1. The number of rotatable bonds is 5. The van der Waals surface area contributed by atoms with Gasteiger partial charge in [-0.3, -0.25) is 9.59 Å². The lowest BCUT2D eigenvalue weighted by Crippen LogP contribution is -2.40. The average molecular weight is 360 g/mol. The Labute approximate surface area is 160 Å². The van der Waals surface area contributed by atoms with Crippen LogP contribution in [0.5, 0.6) is 0 Å². The van der Waals surface area contributed by atoms with Gasteiger partial charge in [0.25, 0.3) is 5.91 Å². The molecule has 0 atom stereocenters. The predicted octanol–water partition coefficient (Wildman–Crippen LogP) is 3.87. The van der Waals surface area contributed by atoms with E-state index >= 15 is 0 Å². The number of carbonyl (C=O) groups excluding carboxylic acids is 2. The zero-order valence-corrected chi connectivity index (χ0v) is 15.3. The van der Waals surface area contributed by atoms with E-state index in [4.69, 9.17) is 0 Å². The van der Waals surface area contributed by atoms with E-state index in [1.165, 1.54) is 6.08 Å². The van der Waals surface area contributed by atoms with Gasteiger partial charge in [-0.25, -0.2) is 0 Å². The van der Waals surface area contributed by atoms with Crippen molar-refractivity contribution < 1.29 is 9.59 Å². The first kappa shape index (κ1) is 18.6. The highest BCUT2D eigenvalue weighted by Crippen LogP contribution is 2.14. The molecule has 0 spiro atoms. The van der Waals surface area contributed by atoms with E-state index in [0.717, 1.165) is 43.5 Å². The molecule has 1 N–H and O–H groups in total. The molecule has 0 unspecified atom stereocenters. The smallest absolute Gasteiger partial charge is 0.270 e. The van der Waals surface area contributed by atoms with Crippen molar-refractivity contribution in [3.8, 4) is 0 Å². The van der Waals surface area contributed by atoms with Crippen LogP contribution in [-0.2, 0) is 9.59 Å². The highest BCUT2D eigenvalue weighted by Gasteiger charge is 2.21. The van der Waals surface area contributed by atoms with Crippen LogP contribution in [0.1, 0.15) is 30.4 Å².